The number of anilines is 1. The molecule has 0 radical (unpaired) electrons. The van der Waals surface area contributed by atoms with E-state index in [1.54, 1.807) is 16.7 Å². The average molecular weight is 319 g/mol. The molecule has 0 spiro atoms. The Morgan fingerprint density at radius 1 is 1.18 bits per heavy atom. The minimum Gasteiger partial charge on any atom is -0.340 e. The van der Waals surface area contributed by atoms with Crippen LogP contribution in [0, 0.1) is 0 Å². The summed E-state index contributed by atoms with van der Waals surface area (Å²) in [4.78, 5) is 31.7. The van der Waals surface area contributed by atoms with Gasteiger partial charge in [-0.2, -0.15) is 0 Å². The highest BCUT2D eigenvalue weighted by atomic mass is 32.2. The Labute approximate surface area is 135 Å². The number of fused-ring (bicyclic) bond motifs is 1. The Kier molecular flexibility index (Phi) is 4.69. The summed E-state index contributed by atoms with van der Waals surface area (Å²) in [5.41, 5.74) is 0.865. The molecule has 3 rings (SSSR count). The first kappa shape index (κ1) is 15.4. The van der Waals surface area contributed by atoms with Crippen LogP contribution in [0.25, 0.3) is 0 Å². The molecule has 0 unspecified atom stereocenters. The van der Waals surface area contributed by atoms with Gasteiger partial charge >= 0.3 is 0 Å². The molecule has 1 aromatic carbocycles. The quantitative estimate of drug-likeness (QED) is 0.824. The maximum absolute atomic E-state index is 12.6. The Hall–Kier alpha value is -1.53. The summed E-state index contributed by atoms with van der Waals surface area (Å²) in [6.45, 7) is 3.59. The molecule has 0 saturated carbocycles. The van der Waals surface area contributed by atoms with Crippen LogP contribution in [0.5, 0.6) is 0 Å². The fourth-order valence-electron chi connectivity index (χ4n) is 2.86. The second-order valence-corrected chi connectivity index (χ2v) is 6.79. The molecule has 2 aliphatic heterocycles. The van der Waals surface area contributed by atoms with Gasteiger partial charge < -0.3 is 14.7 Å². The zero-order valence-corrected chi connectivity index (χ0v) is 13.6. The van der Waals surface area contributed by atoms with Crippen LogP contribution in [0.4, 0.5) is 5.69 Å². The molecule has 22 heavy (non-hydrogen) atoms. The fraction of sp³-hybridized carbons (Fsp3) is 0.500. The summed E-state index contributed by atoms with van der Waals surface area (Å²) in [7, 11) is 2.08. The first-order valence-corrected chi connectivity index (χ1v) is 8.62. The van der Waals surface area contributed by atoms with E-state index in [0.29, 0.717) is 5.75 Å². The van der Waals surface area contributed by atoms with Crippen molar-refractivity contribution in [3.05, 3.63) is 24.3 Å². The molecule has 1 aromatic rings. The van der Waals surface area contributed by atoms with Crippen LogP contribution in [-0.4, -0.2) is 67.1 Å². The van der Waals surface area contributed by atoms with Gasteiger partial charge in [-0.25, -0.2) is 0 Å². The largest absolute Gasteiger partial charge is 0.340 e. The van der Waals surface area contributed by atoms with Crippen LogP contribution in [-0.2, 0) is 9.59 Å². The second-order valence-electron chi connectivity index (χ2n) is 5.77. The van der Waals surface area contributed by atoms with Crippen LogP contribution >= 0.6 is 11.8 Å². The third-order valence-electron chi connectivity index (χ3n) is 4.17. The van der Waals surface area contributed by atoms with Crippen LogP contribution in [0.15, 0.2) is 29.2 Å². The molecule has 1 fully saturated rings. The van der Waals surface area contributed by atoms with Gasteiger partial charge in [0.15, 0.2) is 0 Å². The monoisotopic (exact) mass is 319 g/mol. The van der Waals surface area contributed by atoms with Gasteiger partial charge in [0.2, 0.25) is 11.8 Å². The van der Waals surface area contributed by atoms with Gasteiger partial charge in [0, 0.05) is 24.5 Å². The van der Waals surface area contributed by atoms with Crippen molar-refractivity contribution in [1.82, 2.24) is 9.80 Å². The molecule has 5 nitrogen and oxygen atoms in total. The van der Waals surface area contributed by atoms with Crippen molar-refractivity contribution in [3.8, 4) is 0 Å². The number of para-hydroxylation sites is 1. The number of benzene rings is 1. The highest BCUT2D eigenvalue weighted by Gasteiger charge is 2.28. The number of carbonyl (C=O) groups excluding carboxylic acids is 2. The van der Waals surface area contributed by atoms with E-state index >= 15 is 0 Å². The van der Waals surface area contributed by atoms with Gasteiger partial charge in [0.05, 0.1) is 11.4 Å². The first-order valence-electron chi connectivity index (χ1n) is 7.63. The average Bonchev–Trinajstić information content (AvgIpc) is 2.75. The van der Waals surface area contributed by atoms with Crippen molar-refractivity contribution in [2.45, 2.75) is 11.3 Å². The van der Waals surface area contributed by atoms with E-state index in [-0.39, 0.29) is 18.4 Å². The molecule has 6 heteroatoms. The van der Waals surface area contributed by atoms with E-state index in [2.05, 4.69) is 11.9 Å². The lowest BCUT2D eigenvalue weighted by atomic mass is 10.2. The third-order valence-corrected chi connectivity index (χ3v) is 5.22. The number of hydrogen-bond acceptors (Lipinski definition) is 4. The van der Waals surface area contributed by atoms with E-state index in [1.807, 2.05) is 29.2 Å². The summed E-state index contributed by atoms with van der Waals surface area (Å²) in [6, 6.07) is 7.80. The van der Waals surface area contributed by atoms with Crippen LogP contribution < -0.4 is 4.90 Å². The van der Waals surface area contributed by atoms with Crippen molar-refractivity contribution >= 4 is 29.3 Å². The summed E-state index contributed by atoms with van der Waals surface area (Å²) < 4.78 is 0. The van der Waals surface area contributed by atoms with Gasteiger partial charge in [-0.05, 0) is 32.1 Å². The summed E-state index contributed by atoms with van der Waals surface area (Å²) in [6.07, 6.45) is 0.989. The Bertz CT molecular complexity index is 578. The predicted octanol–water partition coefficient (Wildman–Crippen LogP) is 1.29. The lowest BCUT2D eigenvalue weighted by molar-refractivity contribution is -0.131. The van der Waals surface area contributed by atoms with Crippen molar-refractivity contribution in [3.63, 3.8) is 0 Å². The number of carbonyl (C=O) groups is 2. The van der Waals surface area contributed by atoms with Crippen LogP contribution in [0.1, 0.15) is 6.42 Å². The standard InChI is InChI=1S/C16H21N3O2S/c1-17-7-4-8-18(10-9-17)15(20)11-19-13-5-2-3-6-14(13)22-12-16(19)21/h2-3,5-6H,4,7-12H2,1H3. The number of hydrogen-bond donors (Lipinski definition) is 0. The lowest BCUT2D eigenvalue weighted by Gasteiger charge is -2.30. The zero-order chi connectivity index (χ0) is 15.5. The van der Waals surface area contributed by atoms with Crippen LogP contribution in [0.2, 0.25) is 0 Å². The smallest absolute Gasteiger partial charge is 0.242 e. The lowest BCUT2D eigenvalue weighted by Crippen LogP contribution is -2.45. The molecule has 0 aromatic heterocycles. The highest BCUT2D eigenvalue weighted by Crippen LogP contribution is 2.34. The van der Waals surface area contributed by atoms with Gasteiger partial charge in [0.25, 0.3) is 0 Å². The molecule has 0 bridgehead atoms. The molecular weight excluding hydrogens is 298 g/mol. The molecule has 0 N–H and O–H groups in total. The summed E-state index contributed by atoms with van der Waals surface area (Å²) >= 11 is 1.54. The molecule has 0 aliphatic carbocycles. The van der Waals surface area contributed by atoms with Crippen molar-refractivity contribution < 1.29 is 9.59 Å². The molecule has 2 heterocycles. The van der Waals surface area contributed by atoms with E-state index < -0.39 is 0 Å². The number of nitrogens with zero attached hydrogens (tertiary/aromatic N) is 3. The fourth-order valence-corrected chi connectivity index (χ4v) is 3.79. The van der Waals surface area contributed by atoms with Gasteiger partial charge in [-0.3, -0.25) is 9.59 Å². The normalized spacial score (nSPS) is 19.8. The SMILES string of the molecule is CN1CCCN(C(=O)CN2C(=O)CSc3ccccc32)CC1. The summed E-state index contributed by atoms with van der Waals surface area (Å²) in [5.74, 6) is 0.474. The maximum Gasteiger partial charge on any atom is 0.242 e. The van der Waals surface area contributed by atoms with Gasteiger partial charge in [0.1, 0.15) is 6.54 Å². The van der Waals surface area contributed by atoms with Gasteiger partial charge in [-0.1, -0.05) is 12.1 Å². The molecule has 0 atom stereocenters. The molecule has 1 saturated heterocycles. The maximum atomic E-state index is 12.6. The summed E-state index contributed by atoms with van der Waals surface area (Å²) in [5, 5.41) is 0. The minimum absolute atomic E-state index is 0.0176. The van der Waals surface area contributed by atoms with E-state index in [0.717, 1.165) is 43.2 Å². The molecular formula is C16H21N3O2S. The third kappa shape index (κ3) is 3.28. The molecule has 2 amide bonds. The number of thioether (sulfide) groups is 1. The van der Waals surface area contributed by atoms with E-state index in [4.69, 9.17) is 0 Å². The highest BCUT2D eigenvalue weighted by molar-refractivity contribution is 8.00. The van der Waals surface area contributed by atoms with Crippen molar-refractivity contribution in [2.24, 2.45) is 0 Å². The van der Waals surface area contributed by atoms with Crippen LogP contribution in [0.3, 0.4) is 0 Å². The van der Waals surface area contributed by atoms with E-state index in [1.165, 1.54) is 0 Å². The second kappa shape index (κ2) is 6.71. The van der Waals surface area contributed by atoms with Crippen molar-refractivity contribution in [1.29, 1.82) is 0 Å². The Balaban J connectivity index is 1.72. The molecule has 2 aliphatic rings. The Morgan fingerprint density at radius 2 is 2.00 bits per heavy atom. The number of rotatable bonds is 2. The van der Waals surface area contributed by atoms with Crippen molar-refractivity contribution in [2.75, 3.05) is 50.4 Å². The topological polar surface area (TPSA) is 43.9 Å². The van der Waals surface area contributed by atoms with Gasteiger partial charge in [-0.15, -0.1) is 11.8 Å². The minimum atomic E-state index is 0.0176. The zero-order valence-electron chi connectivity index (χ0n) is 12.8. The molecule has 118 valence electrons. The first-order chi connectivity index (χ1) is 10.6. The number of likely N-dealkylation sites (N-methyl/N-ethyl adjacent to an activating group) is 1. The van der Waals surface area contributed by atoms with E-state index in [9.17, 15) is 9.59 Å². The predicted molar refractivity (Wildman–Crippen MR) is 88.2 cm³/mol. The Morgan fingerprint density at radius 3 is 2.86 bits per heavy atom. The number of amides is 2.